The van der Waals surface area contributed by atoms with E-state index in [1.54, 1.807) is 24.3 Å². The third kappa shape index (κ3) is 2.99. The largest absolute Gasteiger partial charge is 0.480 e. The Morgan fingerprint density at radius 2 is 2.00 bits per heavy atom. The van der Waals surface area contributed by atoms with Crippen molar-refractivity contribution in [2.75, 3.05) is 18.4 Å². The summed E-state index contributed by atoms with van der Waals surface area (Å²) < 4.78 is 2.19. The second-order valence-corrected chi connectivity index (χ2v) is 5.84. The number of anilines is 1. The lowest BCUT2D eigenvalue weighted by Crippen LogP contribution is -2.42. The molecular formula is C18H21N3O3. The molecule has 3 rings (SSSR count). The molecule has 0 radical (unpaired) electrons. The summed E-state index contributed by atoms with van der Waals surface area (Å²) in [7, 11) is 0. The number of carbonyl (C=O) groups excluding carboxylic acids is 1. The van der Waals surface area contributed by atoms with Crippen LogP contribution in [0.3, 0.4) is 0 Å². The number of amides is 1. The SMILES string of the molecule is CCC1c2cccn2CCN1C(=O)c1ccccc1NCC(=O)O. The molecule has 0 aliphatic carbocycles. The van der Waals surface area contributed by atoms with Gasteiger partial charge in [0, 0.05) is 30.7 Å². The zero-order valence-corrected chi connectivity index (χ0v) is 13.6. The average Bonchev–Trinajstić information content (AvgIpc) is 3.07. The van der Waals surface area contributed by atoms with Crippen molar-refractivity contribution in [2.45, 2.75) is 25.9 Å². The lowest BCUT2D eigenvalue weighted by atomic mass is 10.0. The molecule has 1 aliphatic heterocycles. The molecule has 24 heavy (non-hydrogen) atoms. The number of benzene rings is 1. The summed E-state index contributed by atoms with van der Waals surface area (Å²) in [5.74, 6) is -1.03. The van der Waals surface area contributed by atoms with Crippen LogP contribution in [-0.2, 0) is 11.3 Å². The number of hydrogen-bond acceptors (Lipinski definition) is 3. The minimum atomic E-state index is -0.959. The van der Waals surface area contributed by atoms with Crippen LogP contribution in [0.2, 0.25) is 0 Å². The molecule has 2 N–H and O–H groups in total. The van der Waals surface area contributed by atoms with Crippen molar-refractivity contribution in [1.82, 2.24) is 9.47 Å². The Labute approximate surface area is 140 Å². The molecule has 1 unspecified atom stereocenters. The maximum absolute atomic E-state index is 13.1. The fourth-order valence-corrected chi connectivity index (χ4v) is 3.29. The number of aliphatic carboxylic acids is 1. The summed E-state index contributed by atoms with van der Waals surface area (Å²) in [5, 5.41) is 11.7. The Hall–Kier alpha value is -2.76. The minimum Gasteiger partial charge on any atom is -0.480 e. The Kier molecular flexibility index (Phi) is 4.55. The van der Waals surface area contributed by atoms with Gasteiger partial charge in [0.25, 0.3) is 5.91 Å². The Morgan fingerprint density at radius 1 is 1.21 bits per heavy atom. The van der Waals surface area contributed by atoms with Crippen LogP contribution in [0.25, 0.3) is 0 Å². The van der Waals surface area contributed by atoms with E-state index in [1.807, 2.05) is 17.2 Å². The highest BCUT2D eigenvalue weighted by Crippen LogP contribution is 2.31. The first-order valence-electron chi connectivity index (χ1n) is 8.12. The maximum Gasteiger partial charge on any atom is 0.322 e. The van der Waals surface area contributed by atoms with Crippen molar-refractivity contribution in [1.29, 1.82) is 0 Å². The van der Waals surface area contributed by atoms with Crippen LogP contribution in [0.4, 0.5) is 5.69 Å². The fraction of sp³-hybridized carbons (Fsp3) is 0.333. The molecule has 0 spiro atoms. The second kappa shape index (κ2) is 6.78. The molecule has 0 saturated carbocycles. The van der Waals surface area contributed by atoms with Crippen molar-refractivity contribution in [3.8, 4) is 0 Å². The molecule has 1 atom stereocenters. The molecule has 2 heterocycles. The number of fused-ring (bicyclic) bond motifs is 1. The maximum atomic E-state index is 13.1. The zero-order chi connectivity index (χ0) is 17.1. The summed E-state index contributed by atoms with van der Waals surface area (Å²) in [4.78, 5) is 25.8. The van der Waals surface area contributed by atoms with Crippen LogP contribution in [0.15, 0.2) is 42.6 Å². The van der Waals surface area contributed by atoms with Gasteiger partial charge in [0.15, 0.2) is 0 Å². The quantitative estimate of drug-likeness (QED) is 0.885. The van der Waals surface area contributed by atoms with E-state index in [0.29, 0.717) is 17.8 Å². The first kappa shape index (κ1) is 16.1. The van der Waals surface area contributed by atoms with Crippen molar-refractivity contribution >= 4 is 17.6 Å². The number of carboxylic acid groups (broad SMARTS) is 1. The van der Waals surface area contributed by atoms with Gasteiger partial charge in [0.1, 0.15) is 6.54 Å². The third-order valence-corrected chi connectivity index (χ3v) is 4.40. The molecule has 6 heteroatoms. The van der Waals surface area contributed by atoms with Crippen molar-refractivity contribution in [3.63, 3.8) is 0 Å². The number of carboxylic acids is 1. The minimum absolute atomic E-state index is 0.0359. The summed E-state index contributed by atoms with van der Waals surface area (Å²) in [6.45, 7) is 3.27. The van der Waals surface area contributed by atoms with E-state index < -0.39 is 5.97 Å². The van der Waals surface area contributed by atoms with E-state index in [0.717, 1.165) is 18.7 Å². The molecule has 1 aromatic carbocycles. The van der Waals surface area contributed by atoms with Gasteiger partial charge < -0.3 is 19.9 Å². The average molecular weight is 327 g/mol. The van der Waals surface area contributed by atoms with Gasteiger partial charge in [-0.25, -0.2) is 0 Å². The van der Waals surface area contributed by atoms with Crippen molar-refractivity contribution in [3.05, 3.63) is 53.9 Å². The lowest BCUT2D eigenvalue weighted by molar-refractivity contribution is -0.134. The number of para-hydroxylation sites is 1. The Balaban J connectivity index is 1.88. The van der Waals surface area contributed by atoms with Crippen molar-refractivity contribution < 1.29 is 14.7 Å². The smallest absolute Gasteiger partial charge is 0.322 e. The standard InChI is InChI=1S/C18H21N3O3/c1-2-15-16-8-5-9-20(16)10-11-21(15)18(24)13-6-3-4-7-14(13)19-12-17(22)23/h3-9,15,19H,2,10-12H2,1H3,(H,22,23). The Bertz CT molecular complexity index is 753. The number of aromatic nitrogens is 1. The summed E-state index contributed by atoms with van der Waals surface area (Å²) in [5.41, 5.74) is 2.21. The van der Waals surface area contributed by atoms with E-state index in [1.165, 1.54) is 0 Å². The molecule has 6 nitrogen and oxygen atoms in total. The van der Waals surface area contributed by atoms with Gasteiger partial charge in [0.05, 0.1) is 11.6 Å². The number of nitrogens with zero attached hydrogens (tertiary/aromatic N) is 2. The van der Waals surface area contributed by atoms with Crippen molar-refractivity contribution in [2.24, 2.45) is 0 Å². The van der Waals surface area contributed by atoms with Gasteiger partial charge in [-0.1, -0.05) is 19.1 Å². The molecule has 1 aromatic heterocycles. The van der Waals surface area contributed by atoms with Crippen LogP contribution < -0.4 is 5.32 Å². The topological polar surface area (TPSA) is 74.6 Å². The number of nitrogens with one attached hydrogen (secondary N) is 1. The highest BCUT2D eigenvalue weighted by atomic mass is 16.4. The highest BCUT2D eigenvalue weighted by molar-refractivity contribution is 6.00. The van der Waals surface area contributed by atoms with E-state index >= 15 is 0 Å². The molecule has 126 valence electrons. The van der Waals surface area contributed by atoms with Gasteiger partial charge in [-0.15, -0.1) is 0 Å². The first-order valence-corrected chi connectivity index (χ1v) is 8.12. The van der Waals surface area contributed by atoms with E-state index in [9.17, 15) is 9.59 Å². The predicted molar refractivity (Wildman–Crippen MR) is 91.1 cm³/mol. The van der Waals surface area contributed by atoms with E-state index in [-0.39, 0.29) is 18.5 Å². The third-order valence-electron chi connectivity index (χ3n) is 4.40. The number of carbonyl (C=O) groups is 2. The fourth-order valence-electron chi connectivity index (χ4n) is 3.29. The van der Waals surface area contributed by atoms with E-state index in [2.05, 4.69) is 22.9 Å². The molecule has 0 bridgehead atoms. The first-order chi connectivity index (χ1) is 11.6. The van der Waals surface area contributed by atoms with Crippen LogP contribution in [0.1, 0.15) is 35.4 Å². The monoisotopic (exact) mass is 327 g/mol. The molecule has 0 saturated heterocycles. The molecule has 2 aromatic rings. The van der Waals surface area contributed by atoms with Gasteiger partial charge in [0.2, 0.25) is 0 Å². The predicted octanol–water partition coefficient (Wildman–Crippen LogP) is 2.59. The molecule has 1 aliphatic rings. The van der Waals surface area contributed by atoms with Crippen LogP contribution in [0, 0.1) is 0 Å². The zero-order valence-electron chi connectivity index (χ0n) is 13.6. The van der Waals surface area contributed by atoms with Gasteiger partial charge >= 0.3 is 5.97 Å². The summed E-state index contributed by atoms with van der Waals surface area (Å²) in [6, 6.07) is 11.2. The molecule has 1 amide bonds. The second-order valence-electron chi connectivity index (χ2n) is 5.84. The van der Waals surface area contributed by atoms with Gasteiger partial charge in [-0.05, 0) is 30.7 Å². The van der Waals surface area contributed by atoms with Crippen LogP contribution in [-0.4, -0.2) is 39.5 Å². The summed E-state index contributed by atoms with van der Waals surface area (Å²) in [6.07, 6.45) is 2.88. The Morgan fingerprint density at radius 3 is 2.75 bits per heavy atom. The molecule has 0 fully saturated rings. The lowest BCUT2D eigenvalue weighted by Gasteiger charge is -2.37. The molecular weight excluding hydrogens is 306 g/mol. The van der Waals surface area contributed by atoms with Crippen LogP contribution in [0.5, 0.6) is 0 Å². The van der Waals surface area contributed by atoms with Crippen LogP contribution >= 0.6 is 0 Å². The van der Waals surface area contributed by atoms with Gasteiger partial charge in [-0.2, -0.15) is 0 Å². The number of hydrogen-bond donors (Lipinski definition) is 2. The highest BCUT2D eigenvalue weighted by Gasteiger charge is 2.31. The van der Waals surface area contributed by atoms with Gasteiger partial charge in [-0.3, -0.25) is 9.59 Å². The normalized spacial score (nSPS) is 16.5. The summed E-state index contributed by atoms with van der Waals surface area (Å²) >= 11 is 0. The number of rotatable bonds is 5. The van der Waals surface area contributed by atoms with E-state index in [4.69, 9.17) is 5.11 Å².